The molecule has 4 heteroatoms. The minimum absolute atomic E-state index is 0.256. The van der Waals surface area contributed by atoms with Crippen molar-refractivity contribution < 1.29 is 14.3 Å². The highest BCUT2D eigenvalue weighted by atomic mass is 16.5. The van der Waals surface area contributed by atoms with Crippen LogP contribution in [0.15, 0.2) is 18.2 Å². The van der Waals surface area contributed by atoms with E-state index < -0.39 is 0 Å². The Balaban J connectivity index is 2.65. The summed E-state index contributed by atoms with van der Waals surface area (Å²) in [5.74, 6) is 0.597. The van der Waals surface area contributed by atoms with Crippen molar-refractivity contribution in [2.45, 2.75) is 19.9 Å². The number of aryl methyl sites for hydroxylation is 1. The number of hydrogen-bond donors (Lipinski definition) is 1. The molecule has 0 fully saturated rings. The van der Waals surface area contributed by atoms with Crippen LogP contribution < -0.4 is 10.1 Å². The smallest absolute Gasteiger partial charge is 0.308 e. The molecule has 0 atom stereocenters. The zero-order valence-electron chi connectivity index (χ0n) is 10.6. The first kappa shape index (κ1) is 13.5. The predicted molar refractivity (Wildman–Crippen MR) is 66.1 cm³/mol. The second kappa shape index (κ2) is 6.91. The Labute approximate surface area is 102 Å². The van der Waals surface area contributed by atoms with E-state index in [-0.39, 0.29) is 12.4 Å². The molecule has 0 saturated carbocycles. The molecule has 0 amide bonds. The number of para-hydroxylation sites is 1. The molecule has 94 valence electrons. The highest BCUT2D eigenvalue weighted by molar-refractivity contribution is 5.69. The van der Waals surface area contributed by atoms with Crippen LogP contribution in [0, 0.1) is 6.92 Å². The Morgan fingerprint density at radius 1 is 1.41 bits per heavy atom. The van der Waals surface area contributed by atoms with Gasteiger partial charge in [0.25, 0.3) is 0 Å². The first-order chi connectivity index (χ1) is 8.19. The molecule has 1 rings (SSSR count). The molecule has 0 aliphatic rings. The Hall–Kier alpha value is -1.55. The molecule has 17 heavy (non-hydrogen) atoms. The van der Waals surface area contributed by atoms with Gasteiger partial charge in [-0.2, -0.15) is 0 Å². The fraction of sp³-hybridized carbons (Fsp3) is 0.462. The van der Waals surface area contributed by atoms with Crippen LogP contribution in [-0.4, -0.2) is 26.7 Å². The van der Waals surface area contributed by atoms with E-state index >= 15 is 0 Å². The zero-order valence-corrected chi connectivity index (χ0v) is 10.6. The summed E-state index contributed by atoms with van der Waals surface area (Å²) >= 11 is 0. The molecule has 0 aliphatic carbocycles. The maximum atomic E-state index is 11.0. The standard InChI is InChI=1S/C13H19NO3/c1-10-5-4-6-11(9-14-2)13(10)17-8-7-12(15)16-3/h4-6,14H,7-9H2,1-3H3. The van der Waals surface area contributed by atoms with E-state index in [1.807, 2.05) is 32.2 Å². The molecule has 0 aromatic heterocycles. The number of hydrogen-bond acceptors (Lipinski definition) is 4. The number of esters is 1. The molecule has 0 heterocycles. The second-order valence-corrected chi connectivity index (χ2v) is 3.77. The number of nitrogens with one attached hydrogen (secondary N) is 1. The first-order valence-corrected chi connectivity index (χ1v) is 5.61. The maximum Gasteiger partial charge on any atom is 0.308 e. The van der Waals surface area contributed by atoms with Gasteiger partial charge in [0, 0.05) is 12.1 Å². The van der Waals surface area contributed by atoms with Crippen LogP contribution in [-0.2, 0) is 16.1 Å². The zero-order chi connectivity index (χ0) is 12.7. The van der Waals surface area contributed by atoms with Crippen molar-refractivity contribution in [3.63, 3.8) is 0 Å². The van der Waals surface area contributed by atoms with Gasteiger partial charge in [0.2, 0.25) is 0 Å². The third kappa shape index (κ3) is 4.07. The van der Waals surface area contributed by atoms with Crippen LogP contribution in [0.25, 0.3) is 0 Å². The van der Waals surface area contributed by atoms with Gasteiger partial charge < -0.3 is 14.8 Å². The summed E-state index contributed by atoms with van der Waals surface area (Å²) in [7, 11) is 3.27. The summed E-state index contributed by atoms with van der Waals surface area (Å²) in [5, 5.41) is 3.09. The fourth-order valence-electron chi connectivity index (χ4n) is 1.59. The molecule has 0 unspecified atom stereocenters. The Morgan fingerprint density at radius 2 is 2.18 bits per heavy atom. The first-order valence-electron chi connectivity index (χ1n) is 5.61. The highest BCUT2D eigenvalue weighted by Gasteiger charge is 2.07. The molecular weight excluding hydrogens is 218 g/mol. The molecule has 1 N–H and O–H groups in total. The van der Waals surface area contributed by atoms with Gasteiger partial charge in [-0.1, -0.05) is 18.2 Å². The number of carbonyl (C=O) groups excluding carboxylic acids is 1. The maximum absolute atomic E-state index is 11.0. The van der Waals surface area contributed by atoms with Gasteiger partial charge >= 0.3 is 5.97 Å². The average molecular weight is 237 g/mol. The molecule has 0 bridgehead atoms. The summed E-state index contributed by atoms with van der Waals surface area (Å²) < 4.78 is 10.2. The lowest BCUT2D eigenvalue weighted by atomic mass is 10.1. The molecule has 1 aromatic carbocycles. The normalized spacial score (nSPS) is 10.1. The summed E-state index contributed by atoms with van der Waals surface area (Å²) in [6.45, 7) is 3.08. The number of ether oxygens (including phenoxy) is 2. The molecule has 0 spiro atoms. The van der Waals surface area contributed by atoms with E-state index in [9.17, 15) is 4.79 Å². The van der Waals surface area contributed by atoms with E-state index in [1.165, 1.54) is 7.11 Å². The van der Waals surface area contributed by atoms with Crippen molar-refractivity contribution in [2.24, 2.45) is 0 Å². The van der Waals surface area contributed by atoms with Crippen molar-refractivity contribution in [3.8, 4) is 5.75 Å². The van der Waals surface area contributed by atoms with Crippen molar-refractivity contribution in [1.82, 2.24) is 5.32 Å². The lowest BCUT2D eigenvalue weighted by Gasteiger charge is -2.13. The monoisotopic (exact) mass is 237 g/mol. The number of benzene rings is 1. The van der Waals surface area contributed by atoms with Crippen LogP contribution >= 0.6 is 0 Å². The summed E-state index contributed by atoms with van der Waals surface area (Å²) in [6.07, 6.45) is 0.268. The Kier molecular flexibility index (Phi) is 5.49. The van der Waals surface area contributed by atoms with Gasteiger partial charge in [0.05, 0.1) is 20.1 Å². The summed E-state index contributed by atoms with van der Waals surface area (Å²) in [4.78, 5) is 11.0. The quantitative estimate of drug-likeness (QED) is 0.764. The van der Waals surface area contributed by atoms with Crippen LogP contribution in [0.1, 0.15) is 17.5 Å². The Morgan fingerprint density at radius 3 is 2.82 bits per heavy atom. The van der Waals surface area contributed by atoms with Gasteiger partial charge in [-0.15, -0.1) is 0 Å². The van der Waals surface area contributed by atoms with Crippen LogP contribution in [0.2, 0.25) is 0 Å². The fourth-order valence-corrected chi connectivity index (χ4v) is 1.59. The minimum Gasteiger partial charge on any atom is -0.492 e. The molecular formula is C13H19NO3. The number of carbonyl (C=O) groups is 1. The van der Waals surface area contributed by atoms with Crippen LogP contribution in [0.5, 0.6) is 5.75 Å². The molecule has 0 aliphatic heterocycles. The van der Waals surface area contributed by atoms with E-state index in [1.54, 1.807) is 0 Å². The van der Waals surface area contributed by atoms with Gasteiger partial charge in [-0.3, -0.25) is 4.79 Å². The predicted octanol–water partition coefficient (Wildman–Crippen LogP) is 1.66. The van der Waals surface area contributed by atoms with E-state index in [0.717, 1.165) is 23.4 Å². The van der Waals surface area contributed by atoms with Crippen molar-refractivity contribution >= 4 is 5.97 Å². The SMILES string of the molecule is CNCc1cccc(C)c1OCCC(=O)OC. The van der Waals surface area contributed by atoms with Gasteiger partial charge in [-0.05, 0) is 19.5 Å². The molecule has 1 aromatic rings. The van der Waals surface area contributed by atoms with Gasteiger partial charge in [0.15, 0.2) is 0 Å². The third-order valence-corrected chi connectivity index (χ3v) is 2.44. The number of rotatable bonds is 6. The van der Waals surface area contributed by atoms with Crippen molar-refractivity contribution in [2.75, 3.05) is 20.8 Å². The summed E-state index contributed by atoms with van der Waals surface area (Å²) in [5.41, 5.74) is 2.17. The van der Waals surface area contributed by atoms with Crippen LogP contribution in [0.3, 0.4) is 0 Å². The van der Waals surface area contributed by atoms with Crippen LogP contribution in [0.4, 0.5) is 0 Å². The highest BCUT2D eigenvalue weighted by Crippen LogP contribution is 2.23. The summed E-state index contributed by atoms with van der Waals surface area (Å²) in [6, 6.07) is 6.00. The minimum atomic E-state index is -0.256. The van der Waals surface area contributed by atoms with Gasteiger partial charge in [0.1, 0.15) is 5.75 Å². The van der Waals surface area contributed by atoms with Crippen molar-refractivity contribution in [3.05, 3.63) is 29.3 Å². The van der Waals surface area contributed by atoms with E-state index in [0.29, 0.717) is 6.61 Å². The molecule has 4 nitrogen and oxygen atoms in total. The van der Waals surface area contributed by atoms with Crippen molar-refractivity contribution in [1.29, 1.82) is 0 Å². The van der Waals surface area contributed by atoms with E-state index in [2.05, 4.69) is 10.1 Å². The molecule has 0 saturated heterocycles. The van der Waals surface area contributed by atoms with E-state index in [4.69, 9.17) is 4.74 Å². The average Bonchev–Trinajstić information content (AvgIpc) is 2.32. The Bertz CT molecular complexity index is 377. The lowest BCUT2D eigenvalue weighted by Crippen LogP contribution is -2.11. The second-order valence-electron chi connectivity index (χ2n) is 3.77. The largest absolute Gasteiger partial charge is 0.492 e. The lowest BCUT2D eigenvalue weighted by molar-refractivity contribution is -0.141. The molecule has 0 radical (unpaired) electrons. The topological polar surface area (TPSA) is 47.6 Å². The number of methoxy groups -OCH3 is 1. The third-order valence-electron chi connectivity index (χ3n) is 2.44. The van der Waals surface area contributed by atoms with Gasteiger partial charge in [-0.25, -0.2) is 0 Å².